The third-order valence-electron chi connectivity index (χ3n) is 6.92. The molecule has 0 radical (unpaired) electrons. The minimum Gasteiger partial charge on any atom is -0.348 e. The Bertz CT molecular complexity index is 634. The standard InChI is InChI=1S/C20H32N4OS/c1-15(26-2)6-10-23-12-8-20(9-13-23)18-17(21-14-22-18)7-11-24(20)19(25)16-4-3-5-16/h14-16H,3-13H2,1-2H3,(H,21,22)/t15-/m1/s1. The molecule has 1 atom stereocenters. The first-order chi connectivity index (χ1) is 12.6. The average molecular weight is 377 g/mol. The summed E-state index contributed by atoms with van der Waals surface area (Å²) in [6, 6.07) is 0. The zero-order valence-electron chi connectivity index (χ0n) is 16.2. The Hall–Kier alpha value is -1.01. The summed E-state index contributed by atoms with van der Waals surface area (Å²) >= 11 is 1.95. The first-order valence-corrected chi connectivity index (χ1v) is 11.5. The number of piperidine rings is 1. The number of hydrogen-bond donors (Lipinski definition) is 1. The Kier molecular flexibility index (Phi) is 5.33. The van der Waals surface area contributed by atoms with Gasteiger partial charge in [-0.05, 0) is 44.9 Å². The van der Waals surface area contributed by atoms with Crippen LogP contribution in [0.5, 0.6) is 0 Å². The summed E-state index contributed by atoms with van der Waals surface area (Å²) < 4.78 is 0. The van der Waals surface area contributed by atoms with E-state index in [0.717, 1.165) is 62.7 Å². The van der Waals surface area contributed by atoms with Crippen LogP contribution in [0.4, 0.5) is 0 Å². The predicted molar refractivity (Wildman–Crippen MR) is 106 cm³/mol. The van der Waals surface area contributed by atoms with Crippen LogP contribution in [0.1, 0.15) is 56.8 Å². The second kappa shape index (κ2) is 7.55. The molecule has 2 fully saturated rings. The van der Waals surface area contributed by atoms with Crippen molar-refractivity contribution in [3.8, 4) is 0 Å². The normalized spacial score (nSPS) is 24.3. The van der Waals surface area contributed by atoms with Crippen molar-refractivity contribution < 1.29 is 4.79 Å². The number of carbonyl (C=O) groups excluding carboxylic acids is 1. The fourth-order valence-electron chi connectivity index (χ4n) is 4.81. The van der Waals surface area contributed by atoms with Crippen LogP contribution in [0.2, 0.25) is 0 Å². The van der Waals surface area contributed by atoms with Crippen LogP contribution in [0, 0.1) is 5.92 Å². The highest BCUT2D eigenvalue weighted by Gasteiger charge is 2.50. The molecule has 1 aliphatic carbocycles. The van der Waals surface area contributed by atoms with Gasteiger partial charge in [-0.1, -0.05) is 13.3 Å². The van der Waals surface area contributed by atoms with Crippen molar-refractivity contribution in [2.75, 3.05) is 32.4 Å². The third-order valence-corrected chi connectivity index (χ3v) is 7.96. The Morgan fingerprint density at radius 2 is 2.15 bits per heavy atom. The van der Waals surface area contributed by atoms with E-state index in [1.165, 1.54) is 25.1 Å². The first kappa shape index (κ1) is 18.4. The summed E-state index contributed by atoms with van der Waals surface area (Å²) in [5, 5.41) is 0.718. The van der Waals surface area contributed by atoms with Crippen molar-refractivity contribution in [3.05, 3.63) is 17.7 Å². The summed E-state index contributed by atoms with van der Waals surface area (Å²) in [6.07, 6.45) is 11.6. The molecule has 2 aliphatic heterocycles. The SMILES string of the molecule is CS[C@H](C)CCN1CCC2(CC1)c1nc[nH]c1CCN2C(=O)C1CCC1. The summed E-state index contributed by atoms with van der Waals surface area (Å²) in [5.74, 6) is 0.669. The molecule has 144 valence electrons. The van der Waals surface area contributed by atoms with Gasteiger partial charge in [0.1, 0.15) is 0 Å². The van der Waals surface area contributed by atoms with Crippen LogP contribution in [0.15, 0.2) is 6.33 Å². The number of H-pyrrole nitrogens is 1. The largest absolute Gasteiger partial charge is 0.348 e. The molecule has 1 spiro atoms. The summed E-state index contributed by atoms with van der Waals surface area (Å²) in [6.45, 7) is 6.48. The first-order valence-electron chi connectivity index (χ1n) is 10.2. The van der Waals surface area contributed by atoms with Crippen molar-refractivity contribution in [2.24, 2.45) is 5.92 Å². The lowest BCUT2D eigenvalue weighted by Crippen LogP contribution is -2.60. The third kappa shape index (κ3) is 3.19. The maximum absolute atomic E-state index is 13.2. The van der Waals surface area contributed by atoms with Crippen LogP contribution < -0.4 is 0 Å². The molecule has 1 N–H and O–H groups in total. The van der Waals surface area contributed by atoms with Gasteiger partial charge in [0.25, 0.3) is 0 Å². The van der Waals surface area contributed by atoms with Gasteiger partial charge in [-0.25, -0.2) is 4.98 Å². The highest BCUT2D eigenvalue weighted by Crippen LogP contribution is 2.44. The number of carbonyl (C=O) groups is 1. The van der Waals surface area contributed by atoms with Gasteiger partial charge in [-0.15, -0.1) is 0 Å². The molecule has 1 aromatic rings. The number of aromatic nitrogens is 2. The molecule has 5 nitrogen and oxygen atoms in total. The summed E-state index contributed by atoms with van der Waals surface area (Å²) in [4.78, 5) is 26.1. The van der Waals surface area contributed by atoms with E-state index < -0.39 is 0 Å². The van der Waals surface area contributed by atoms with Gasteiger partial charge in [-0.3, -0.25) is 4.79 Å². The minimum atomic E-state index is -0.165. The van der Waals surface area contributed by atoms with Gasteiger partial charge in [0.05, 0.1) is 17.6 Å². The molecule has 26 heavy (non-hydrogen) atoms. The number of hydrogen-bond acceptors (Lipinski definition) is 4. The lowest BCUT2D eigenvalue weighted by Gasteiger charge is -2.52. The highest BCUT2D eigenvalue weighted by atomic mass is 32.2. The topological polar surface area (TPSA) is 52.2 Å². The van der Waals surface area contributed by atoms with Crippen LogP contribution in [0.3, 0.4) is 0 Å². The number of likely N-dealkylation sites (tertiary alicyclic amines) is 1. The molecular weight excluding hydrogens is 344 g/mol. The van der Waals surface area contributed by atoms with E-state index in [1.54, 1.807) is 0 Å². The zero-order valence-corrected chi connectivity index (χ0v) is 17.0. The van der Waals surface area contributed by atoms with E-state index >= 15 is 0 Å². The van der Waals surface area contributed by atoms with Gasteiger partial charge in [0.2, 0.25) is 5.91 Å². The van der Waals surface area contributed by atoms with E-state index in [1.807, 2.05) is 18.1 Å². The Morgan fingerprint density at radius 1 is 1.38 bits per heavy atom. The van der Waals surface area contributed by atoms with E-state index in [9.17, 15) is 4.79 Å². The number of amides is 1. The molecule has 4 rings (SSSR count). The number of rotatable bonds is 5. The van der Waals surface area contributed by atoms with Crippen molar-refractivity contribution >= 4 is 17.7 Å². The second-order valence-electron chi connectivity index (χ2n) is 8.31. The minimum absolute atomic E-state index is 0.165. The Morgan fingerprint density at radius 3 is 2.81 bits per heavy atom. The van der Waals surface area contributed by atoms with Crippen LogP contribution in [-0.4, -0.2) is 63.4 Å². The molecule has 1 amide bonds. The summed E-state index contributed by atoms with van der Waals surface area (Å²) in [7, 11) is 0. The maximum atomic E-state index is 13.2. The number of thioether (sulfide) groups is 1. The molecule has 0 aromatic carbocycles. The van der Waals surface area contributed by atoms with E-state index in [0.29, 0.717) is 5.91 Å². The molecular formula is C20H32N4OS. The van der Waals surface area contributed by atoms with Crippen LogP contribution in [-0.2, 0) is 16.8 Å². The zero-order chi connectivity index (χ0) is 18.1. The molecule has 6 heteroatoms. The number of aromatic amines is 1. The molecule has 3 aliphatic rings. The van der Waals surface area contributed by atoms with E-state index in [2.05, 4.69) is 28.0 Å². The molecule has 1 saturated carbocycles. The van der Waals surface area contributed by atoms with Gasteiger partial charge in [-0.2, -0.15) is 11.8 Å². The number of nitrogens with one attached hydrogen (secondary N) is 1. The Labute approximate surface area is 161 Å². The van der Waals surface area contributed by atoms with Gasteiger partial charge >= 0.3 is 0 Å². The highest BCUT2D eigenvalue weighted by molar-refractivity contribution is 7.99. The van der Waals surface area contributed by atoms with Crippen molar-refractivity contribution in [3.63, 3.8) is 0 Å². The van der Waals surface area contributed by atoms with Crippen LogP contribution >= 0.6 is 11.8 Å². The Balaban J connectivity index is 1.51. The van der Waals surface area contributed by atoms with Gasteiger partial charge < -0.3 is 14.8 Å². The smallest absolute Gasteiger partial charge is 0.226 e. The second-order valence-corrected chi connectivity index (χ2v) is 9.58. The maximum Gasteiger partial charge on any atom is 0.226 e. The molecule has 3 heterocycles. The summed E-state index contributed by atoms with van der Waals surface area (Å²) in [5.41, 5.74) is 2.25. The molecule has 0 unspecified atom stereocenters. The quantitative estimate of drug-likeness (QED) is 0.858. The fraction of sp³-hybridized carbons (Fsp3) is 0.800. The predicted octanol–water partition coefficient (Wildman–Crippen LogP) is 3.03. The molecule has 1 aromatic heterocycles. The van der Waals surface area contributed by atoms with Gasteiger partial charge in [0.15, 0.2) is 0 Å². The fourth-order valence-corrected chi connectivity index (χ4v) is 5.15. The van der Waals surface area contributed by atoms with Crippen molar-refractivity contribution in [2.45, 2.75) is 62.7 Å². The number of fused-ring (bicyclic) bond motifs is 2. The van der Waals surface area contributed by atoms with Crippen molar-refractivity contribution in [1.82, 2.24) is 19.8 Å². The monoisotopic (exact) mass is 376 g/mol. The molecule has 1 saturated heterocycles. The number of imidazole rings is 1. The van der Waals surface area contributed by atoms with E-state index in [4.69, 9.17) is 4.98 Å². The number of nitrogens with zero attached hydrogens (tertiary/aromatic N) is 3. The molecule has 0 bridgehead atoms. The van der Waals surface area contributed by atoms with E-state index in [-0.39, 0.29) is 11.5 Å². The lowest BCUT2D eigenvalue weighted by atomic mass is 9.76. The van der Waals surface area contributed by atoms with Crippen molar-refractivity contribution in [1.29, 1.82) is 0 Å². The lowest BCUT2D eigenvalue weighted by molar-refractivity contribution is -0.149. The van der Waals surface area contributed by atoms with Crippen LogP contribution in [0.25, 0.3) is 0 Å². The average Bonchev–Trinajstić information content (AvgIpc) is 3.09. The van der Waals surface area contributed by atoms with Gasteiger partial charge in [0, 0.05) is 42.9 Å².